The van der Waals surface area contributed by atoms with Crippen molar-refractivity contribution in [3.05, 3.63) is 211 Å². The van der Waals surface area contributed by atoms with Gasteiger partial charge in [-0.2, -0.15) is 0 Å². The molecule has 0 N–H and O–H groups in total. The molecule has 0 saturated heterocycles. The molecule has 55 heavy (non-hydrogen) atoms. The Morgan fingerprint density at radius 3 is 1.60 bits per heavy atom. The Bertz CT molecular complexity index is 3020. The third-order valence-electron chi connectivity index (χ3n) is 10.3. The molecule has 0 saturated carbocycles. The van der Waals surface area contributed by atoms with E-state index in [1.165, 1.54) is 11.1 Å². The zero-order valence-electron chi connectivity index (χ0n) is 30.0. The van der Waals surface area contributed by atoms with E-state index in [1.807, 2.05) is 24.3 Å². The van der Waals surface area contributed by atoms with Gasteiger partial charge in [-0.3, -0.25) is 0 Å². The molecule has 260 valence electrons. The van der Waals surface area contributed by atoms with Crippen LogP contribution in [-0.4, -0.2) is 0 Å². The molecule has 0 aliphatic heterocycles. The summed E-state index contributed by atoms with van der Waals surface area (Å²) in [4.78, 5) is 2.33. The van der Waals surface area contributed by atoms with Gasteiger partial charge in [0.15, 0.2) is 0 Å². The fraction of sp³-hybridized carbons (Fsp3) is 0. The normalized spacial score (nSPS) is 11.9. The summed E-state index contributed by atoms with van der Waals surface area (Å²) >= 11 is 0. The number of rotatable bonds is 8. The van der Waals surface area contributed by atoms with Gasteiger partial charge in [0, 0.05) is 38.5 Å². The van der Waals surface area contributed by atoms with Crippen molar-refractivity contribution in [3.63, 3.8) is 0 Å². The molecule has 0 radical (unpaired) electrons. The topological polar surface area (TPSA) is 29.5 Å². The van der Waals surface area contributed by atoms with Crippen LogP contribution in [0.15, 0.2) is 209 Å². The predicted molar refractivity (Wildman–Crippen MR) is 231 cm³/mol. The highest BCUT2D eigenvalue weighted by Crippen LogP contribution is 2.40. The molecule has 0 aliphatic carbocycles. The number of hydrogen-bond donors (Lipinski definition) is 0. The summed E-state index contributed by atoms with van der Waals surface area (Å²) in [5.74, 6) is 0. The van der Waals surface area contributed by atoms with E-state index in [0.29, 0.717) is 0 Å². The van der Waals surface area contributed by atoms with Crippen molar-refractivity contribution < 1.29 is 8.83 Å². The molecular formula is C52H35NO2. The highest BCUT2D eigenvalue weighted by atomic mass is 16.3. The Hall–Kier alpha value is -7.36. The van der Waals surface area contributed by atoms with Crippen molar-refractivity contribution >= 4 is 73.1 Å². The lowest BCUT2D eigenvalue weighted by molar-refractivity contribution is 0.668. The molecule has 3 nitrogen and oxygen atoms in total. The maximum Gasteiger partial charge on any atom is 0.142 e. The van der Waals surface area contributed by atoms with Crippen LogP contribution in [0.3, 0.4) is 0 Å². The standard InChI is InChI=1S/C52H35NO2/c1-2-13-36(14-3-1)37-25-30-42(31-26-37)53(43-32-27-38(28-33-43)41-29-34-46-44-19-7-10-23-49(44)54-51(46)35-41)48-22-9-6-16-39(48)15-4-5-17-40-18-12-21-47-45-20-8-11-24-50(45)55-52(40)47/h1-35H/b15-4+,17-5-. The van der Waals surface area contributed by atoms with Crippen molar-refractivity contribution in [2.75, 3.05) is 4.90 Å². The smallest absolute Gasteiger partial charge is 0.142 e. The average molecular weight is 706 g/mol. The average Bonchev–Trinajstić information content (AvgIpc) is 3.82. The van der Waals surface area contributed by atoms with Crippen LogP contribution in [0.2, 0.25) is 0 Å². The first-order valence-corrected chi connectivity index (χ1v) is 18.6. The Morgan fingerprint density at radius 1 is 0.345 bits per heavy atom. The minimum Gasteiger partial charge on any atom is -0.456 e. The van der Waals surface area contributed by atoms with Crippen LogP contribution >= 0.6 is 0 Å². The number of furan rings is 2. The third kappa shape index (κ3) is 6.08. The second-order valence-corrected chi connectivity index (χ2v) is 13.7. The van der Waals surface area contributed by atoms with Crippen LogP contribution in [0.5, 0.6) is 0 Å². The number of allylic oxidation sites excluding steroid dienone is 2. The summed E-state index contributed by atoms with van der Waals surface area (Å²) in [6, 6.07) is 65.9. The number of benzene rings is 8. The maximum atomic E-state index is 6.27. The number of fused-ring (bicyclic) bond motifs is 6. The molecule has 0 unspecified atom stereocenters. The van der Waals surface area contributed by atoms with Gasteiger partial charge >= 0.3 is 0 Å². The van der Waals surface area contributed by atoms with Gasteiger partial charge in [0.25, 0.3) is 0 Å². The second-order valence-electron chi connectivity index (χ2n) is 13.7. The van der Waals surface area contributed by atoms with E-state index >= 15 is 0 Å². The van der Waals surface area contributed by atoms with Gasteiger partial charge in [-0.1, -0.05) is 158 Å². The Morgan fingerprint density at radius 2 is 0.855 bits per heavy atom. The zero-order valence-corrected chi connectivity index (χ0v) is 30.0. The fourth-order valence-corrected chi connectivity index (χ4v) is 7.62. The molecule has 0 amide bonds. The quantitative estimate of drug-likeness (QED) is 0.147. The molecule has 10 aromatic rings. The van der Waals surface area contributed by atoms with Gasteiger partial charge in [-0.15, -0.1) is 0 Å². The summed E-state index contributed by atoms with van der Waals surface area (Å²) in [5, 5.41) is 4.53. The number of hydrogen-bond acceptors (Lipinski definition) is 3. The number of anilines is 3. The summed E-state index contributed by atoms with van der Waals surface area (Å²) in [6.07, 6.45) is 8.48. The largest absolute Gasteiger partial charge is 0.456 e. The lowest BCUT2D eigenvalue weighted by Crippen LogP contribution is -2.11. The van der Waals surface area contributed by atoms with E-state index in [1.54, 1.807) is 0 Å². The van der Waals surface area contributed by atoms with Crippen LogP contribution < -0.4 is 4.90 Å². The summed E-state index contributed by atoms with van der Waals surface area (Å²) < 4.78 is 12.5. The van der Waals surface area contributed by atoms with Crippen molar-refractivity contribution in [1.29, 1.82) is 0 Å². The van der Waals surface area contributed by atoms with Gasteiger partial charge in [-0.05, 0) is 82.4 Å². The molecule has 2 heterocycles. The molecule has 2 aromatic heterocycles. The molecular weight excluding hydrogens is 671 g/mol. The minimum atomic E-state index is 0.895. The first-order valence-electron chi connectivity index (χ1n) is 18.6. The molecule has 3 heteroatoms. The van der Waals surface area contributed by atoms with Crippen molar-refractivity contribution in [3.8, 4) is 22.3 Å². The first-order chi connectivity index (χ1) is 27.3. The molecule has 0 atom stereocenters. The van der Waals surface area contributed by atoms with E-state index in [-0.39, 0.29) is 0 Å². The van der Waals surface area contributed by atoms with Crippen molar-refractivity contribution in [1.82, 2.24) is 0 Å². The molecule has 0 fully saturated rings. The summed E-state index contributed by atoms with van der Waals surface area (Å²) in [5.41, 5.74) is 13.6. The summed E-state index contributed by atoms with van der Waals surface area (Å²) in [6.45, 7) is 0. The van der Waals surface area contributed by atoms with E-state index < -0.39 is 0 Å². The van der Waals surface area contributed by atoms with E-state index in [2.05, 4.69) is 193 Å². The van der Waals surface area contributed by atoms with Gasteiger partial charge in [-0.25, -0.2) is 0 Å². The lowest BCUT2D eigenvalue weighted by atomic mass is 10.0. The predicted octanol–water partition coefficient (Wildman–Crippen LogP) is 15.0. The van der Waals surface area contributed by atoms with E-state index in [4.69, 9.17) is 8.83 Å². The van der Waals surface area contributed by atoms with Crippen LogP contribution in [0, 0.1) is 0 Å². The Labute approximate surface area is 319 Å². The van der Waals surface area contributed by atoms with E-state index in [0.717, 1.165) is 83.2 Å². The Balaban J connectivity index is 1.01. The summed E-state index contributed by atoms with van der Waals surface area (Å²) in [7, 11) is 0. The number of para-hydroxylation sites is 4. The highest BCUT2D eigenvalue weighted by molar-refractivity contribution is 6.07. The monoisotopic (exact) mass is 705 g/mol. The Kier molecular flexibility index (Phi) is 8.16. The lowest BCUT2D eigenvalue weighted by Gasteiger charge is -2.27. The molecule has 0 aliphatic rings. The van der Waals surface area contributed by atoms with Crippen molar-refractivity contribution in [2.45, 2.75) is 0 Å². The molecule has 8 aromatic carbocycles. The number of nitrogens with zero attached hydrogens (tertiary/aromatic N) is 1. The SMILES string of the molecule is C(=C/c1cccc2c1oc1ccccc12)/C=C/c1ccccc1N(c1ccc(-c2ccccc2)cc1)c1ccc(-c2ccc3c(c2)oc2ccccc23)cc1. The first kappa shape index (κ1) is 32.3. The fourth-order valence-electron chi connectivity index (χ4n) is 7.62. The zero-order chi connectivity index (χ0) is 36.6. The van der Waals surface area contributed by atoms with Crippen LogP contribution in [0.25, 0.3) is 78.3 Å². The van der Waals surface area contributed by atoms with Crippen LogP contribution in [0.1, 0.15) is 11.1 Å². The van der Waals surface area contributed by atoms with Gasteiger partial charge in [0.05, 0.1) is 5.69 Å². The molecule has 0 bridgehead atoms. The highest BCUT2D eigenvalue weighted by Gasteiger charge is 2.16. The molecule has 0 spiro atoms. The van der Waals surface area contributed by atoms with Crippen molar-refractivity contribution in [2.24, 2.45) is 0 Å². The van der Waals surface area contributed by atoms with Gasteiger partial charge in [0.1, 0.15) is 22.3 Å². The van der Waals surface area contributed by atoms with Gasteiger partial charge < -0.3 is 13.7 Å². The molecule has 10 rings (SSSR count). The maximum absolute atomic E-state index is 6.27. The second kappa shape index (κ2) is 13.9. The third-order valence-corrected chi connectivity index (χ3v) is 10.3. The van der Waals surface area contributed by atoms with Gasteiger partial charge in [0.2, 0.25) is 0 Å². The van der Waals surface area contributed by atoms with Crippen LogP contribution in [0.4, 0.5) is 17.1 Å². The van der Waals surface area contributed by atoms with E-state index in [9.17, 15) is 0 Å². The van der Waals surface area contributed by atoms with Crippen LogP contribution in [-0.2, 0) is 0 Å². The minimum absolute atomic E-state index is 0.895.